The summed E-state index contributed by atoms with van der Waals surface area (Å²) < 4.78 is 41.6. The van der Waals surface area contributed by atoms with Crippen LogP contribution in [0.5, 0.6) is 0 Å². The molecule has 1 heterocycles. The number of rotatable bonds is 4. The summed E-state index contributed by atoms with van der Waals surface area (Å²) in [5.41, 5.74) is 11.1. The van der Waals surface area contributed by atoms with E-state index in [4.69, 9.17) is 0 Å². The molecular weight excluding hydrogens is 449 g/mol. The fourth-order valence-corrected chi connectivity index (χ4v) is 4.70. The van der Waals surface area contributed by atoms with Gasteiger partial charge in [-0.25, -0.2) is 0 Å². The summed E-state index contributed by atoms with van der Waals surface area (Å²) in [6, 6.07) is 33.2. The first-order valence-electron chi connectivity index (χ1n) is 11.9. The van der Waals surface area contributed by atoms with Crippen molar-refractivity contribution in [3.8, 4) is 22.4 Å². The molecule has 0 spiro atoms. The van der Waals surface area contributed by atoms with Crippen molar-refractivity contribution in [2.75, 3.05) is 0 Å². The molecule has 0 N–H and O–H groups in total. The molecule has 0 saturated carbocycles. The third-order valence-electron chi connectivity index (χ3n) is 6.28. The van der Waals surface area contributed by atoms with Crippen LogP contribution in [0.4, 0.5) is 17.3 Å². The van der Waals surface area contributed by atoms with Gasteiger partial charge in [0.25, 0.3) is 0 Å². The summed E-state index contributed by atoms with van der Waals surface area (Å²) in [7, 11) is -6.00. The number of aryl methyl sites for hydroxylation is 1. The first-order chi connectivity index (χ1) is 16.8. The number of benzene rings is 3. The molecule has 1 aliphatic carbocycles. The van der Waals surface area contributed by atoms with E-state index in [1.165, 1.54) is 58.5 Å². The van der Waals surface area contributed by atoms with Crippen LogP contribution < -0.4 is 4.57 Å². The molecule has 0 radical (unpaired) electrons. The standard InChI is InChI=1S/C29H28N.BF4/c1-22-16-18-23(19-17-22)21-30-28-15-9-8-14-26(28)27(24-10-4-2-5-11-24)20-29(30)25-12-6-3-7-13-25;2-1(3,4)5/h2-7,10-13,16-20H,8-9,14-15,21H2,1H3;/q+1;-1. The highest BCUT2D eigenvalue weighted by molar-refractivity contribution is 6.50. The van der Waals surface area contributed by atoms with Crippen LogP contribution in [0.15, 0.2) is 91.0 Å². The van der Waals surface area contributed by atoms with Crippen molar-refractivity contribution in [1.29, 1.82) is 0 Å². The van der Waals surface area contributed by atoms with E-state index in [-0.39, 0.29) is 0 Å². The first-order valence-corrected chi connectivity index (χ1v) is 11.9. The number of hydrogen-bond donors (Lipinski definition) is 0. The van der Waals surface area contributed by atoms with Crippen LogP contribution in [-0.2, 0) is 19.4 Å². The van der Waals surface area contributed by atoms with Gasteiger partial charge < -0.3 is 17.3 Å². The Labute approximate surface area is 204 Å². The number of aromatic nitrogens is 1. The molecule has 0 unspecified atom stereocenters. The summed E-state index contributed by atoms with van der Waals surface area (Å²) in [5.74, 6) is 0. The van der Waals surface area contributed by atoms with Gasteiger partial charge in [0.15, 0.2) is 12.2 Å². The summed E-state index contributed by atoms with van der Waals surface area (Å²) in [5, 5.41) is 0. The van der Waals surface area contributed by atoms with Crippen molar-refractivity contribution in [3.63, 3.8) is 0 Å². The normalized spacial score (nSPS) is 12.9. The minimum atomic E-state index is -6.00. The summed E-state index contributed by atoms with van der Waals surface area (Å²) in [4.78, 5) is 0. The van der Waals surface area contributed by atoms with Crippen LogP contribution in [0.3, 0.4) is 0 Å². The maximum Gasteiger partial charge on any atom is 0.673 e. The van der Waals surface area contributed by atoms with Gasteiger partial charge in [-0.2, -0.15) is 4.57 Å². The third-order valence-corrected chi connectivity index (χ3v) is 6.28. The number of fused-ring (bicyclic) bond motifs is 1. The molecule has 0 atom stereocenters. The molecule has 1 aromatic heterocycles. The van der Waals surface area contributed by atoms with Gasteiger partial charge in [0.05, 0.1) is 0 Å². The van der Waals surface area contributed by atoms with Gasteiger partial charge in [-0.05, 0) is 49.4 Å². The molecule has 0 aliphatic heterocycles. The quantitative estimate of drug-likeness (QED) is 0.160. The predicted molar refractivity (Wildman–Crippen MR) is 135 cm³/mol. The van der Waals surface area contributed by atoms with Gasteiger partial charge in [-0.1, -0.05) is 78.4 Å². The highest BCUT2D eigenvalue weighted by Crippen LogP contribution is 2.33. The molecule has 5 rings (SSSR count). The Kier molecular flexibility index (Phi) is 7.69. The van der Waals surface area contributed by atoms with Crippen molar-refractivity contribution in [1.82, 2.24) is 0 Å². The minimum absolute atomic E-state index is 0.919. The van der Waals surface area contributed by atoms with E-state index >= 15 is 0 Å². The Morgan fingerprint density at radius 1 is 0.714 bits per heavy atom. The van der Waals surface area contributed by atoms with Crippen LogP contribution in [0, 0.1) is 6.92 Å². The Balaban J connectivity index is 0.000000527. The lowest BCUT2D eigenvalue weighted by Gasteiger charge is -2.21. The van der Waals surface area contributed by atoms with E-state index in [2.05, 4.69) is 102 Å². The maximum absolute atomic E-state index is 9.75. The Morgan fingerprint density at radius 2 is 1.26 bits per heavy atom. The molecular formula is C29H28BF4N. The first kappa shape index (κ1) is 24.7. The van der Waals surface area contributed by atoms with Crippen LogP contribution in [0.1, 0.15) is 35.2 Å². The lowest BCUT2D eigenvalue weighted by Crippen LogP contribution is -2.43. The topological polar surface area (TPSA) is 3.88 Å². The van der Waals surface area contributed by atoms with Crippen molar-refractivity contribution in [2.24, 2.45) is 0 Å². The average Bonchev–Trinajstić information content (AvgIpc) is 2.85. The van der Waals surface area contributed by atoms with Gasteiger partial charge in [-0.15, -0.1) is 0 Å². The second-order valence-corrected chi connectivity index (χ2v) is 8.87. The van der Waals surface area contributed by atoms with Gasteiger partial charge in [0, 0.05) is 29.2 Å². The van der Waals surface area contributed by atoms with E-state index in [1.54, 1.807) is 5.56 Å². The molecule has 3 aromatic carbocycles. The van der Waals surface area contributed by atoms with Gasteiger partial charge in [-0.3, -0.25) is 0 Å². The summed E-state index contributed by atoms with van der Waals surface area (Å²) >= 11 is 0. The van der Waals surface area contributed by atoms with Crippen molar-refractivity contribution in [2.45, 2.75) is 39.2 Å². The Bertz CT molecular complexity index is 1250. The maximum atomic E-state index is 9.75. The van der Waals surface area contributed by atoms with Crippen LogP contribution in [0.25, 0.3) is 22.4 Å². The number of hydrogen-bond acceptors (Lipinski definition) is 0. The monoisotopic (exact) mass is 477 g/mol. The minimum Gasteiger partial charge on any atom is -0.418 e. The van der Waals surface area contributed by atoms with Crippen LogP contribution in [0.2, 0.25) is 0 Å². The highest BCUT2D eigenvalue weighted by Gasteiger charge is 2.28. The molecule has 0 bridgehead atoms. The second kappa shape index (κ2) is 10.9. The number of halogens is 4. The molecule has 0 fully saturated rings. The SMILES string of the molecule is Cc1ccc(C[n+]2c(-c3ccccc3)cc(-c3ccccc3)c3c2CCCC3)cc1.F[B-](F)(F)F. The van der Waals surface area contributed by atoms with E-state index in [9.17, 15) is 17.3 Å². The van der Waals surface area contributed by atoms with Crippen molar-refractivity contribution < 1.29 is 21.8 Å². The smallest absolute Gasteiger partial charge is 0.418 e. The predicted octanol–water partition coefficient (Wildman–Crippen LogP) is 7.84. The third kappa shape index (κ3) is 6.59. The molecule has 0 amide bonds. The Morgan fingerprint density at radius 3 is 1.86 bits per heavy atom. The molecule has 1 nitrogen and oxygen atoms in total. The molecule has 4 aromatic rings. The van der Waals surface area contributed by atoms with Gasteiger partial charge >= 0.3 is 7.25 Å². The van der Waals surface area contributed by atoms with Gasteiger partial charge in [0.1, 0.15) is 0 Å². The van der Waals surface area contributed by atoms with Crippen LogP contribution >= 0.6 is 0 Å². The van der Waals surface area contributed by atoms with E-state index in [1.807, 2.05) is 0 Å². The van der Waals surface area contributed by atoms with Crippen molar-refractivity contribution >= 4 is 7.25 Å². The lowest BCUT2D eigenvalue weighted by atomic mass is 9.87. The fourth-order valence-electron chi connectivity index (χ4n) is 4.70. The number of nitrogens with zero attached hydrogens (tertiary/aromatic N) is 1. The molecule has 0 saturated heterocycles. The largest absolute Gasteiger partial charge is 0.673 e. The average molecular weight is 477 g/mol. The number of pyridine rings is 1. The summed E-state index contributed by atoms with van der Waals surface area (Å²) in [6.45, 7) is 3.07. The zero-order valence-corrected chi connectivity index (χ0v) is 19.7. The molecule has 180 valence electrons. The van der Waals surface area contributed by atoms with E-state index < -0.39 is 7.25 Å². The highest BCUT2D eigenvalue weighted by atomic mass is 19.5. The molecule has 1 aliphatic rings. The van der Waals surface area contributed by atoms with E-state index in [0.717, 1.165) is 13.0 Å². The Hall–Kier alpha value is -3.41. The van der Waals surface area contributed by atoms with Gasteiger partial charge in [0.2, 0.25) is 5.69 Å². The lowest BCUT2D eigenvalue weighted by molar-refractivity contribution is -0.685. The molecule has 6 heteroatoms. The zero-order chi connectivity index (χ0) is 24.8. The van der Waals surface area contributed by atoms with Crippen molar-refractivity contribution in [3.05, 3.63) is 113 Å². The molecule has 35 heavy (non-hydrogen) atoms. The zero-order valence-electron chi connectivity index (χ0n) is 19.7. The van der Waals surface area contributed by atoms with Crippen LogP contribution in [-0.4, -0.2) is 7.25 Å². The summed E-state index contributed by atoms with van der Waals surface area (Å²) in [6.07, 6.45) is 4.87. The second-order valence-electron chi connectivity index (χ2n) is 8.87. The fraction of sp³-hybridized carbons (Fsp3) is 0.207. The van der Waals surface area contributed by atoms with E-state index in [0.29, 0.717) is 0 Å².